The largest absolute Gasteiger partial charge is 0.573 e. The highest BCUT2D eigenvalue weighted by Crippen LogP contribution is 2.34. The standard InChI is InChI=1S/C21H19BF3N3O7S/c1-11-8-12(27-36-16-5-3-2-4-15(16)35-21(23,24)25)9-13(22(33)34)18(11)20(32)28(10-29)14-6-7-17(30)26-19(14)31/h2-5,8-10,14,27,33-34H,6-7H2,1H3,(H,26,30,31). The SMILES string of the molecule is Cc1cc(NSc2ccccc2OC(F)(F)F)cc(B(O)O)c1C(=O)N(C=O)C1CCC(=O)NC1=O. The third-order valence-corrected chi connectivity index (χ3v) is 6.00. The van der Waals surface area contributed by atoms with Gasteiger partial charge in [-0.05, 0) is 60.6 Å². The molecule has 0 aliphatic carbocycles. The van der Waals surface area contributed by atoms with Crippen molar-refractivity contribution >= 4 is 54.3 Å². The molecule has 1 heterocycles. The summed E-state index contributed by atoms with van der Waals surface area (Å²) in [4.78, 5) is 49.1. The van der Waals surface area contributed by atoms with Gasteiger partial charge in [0, 0.05) is 17.7 Å². The van der Waals surface area contributed by atoms with Crippen molar-refractivity contribution in [3.05, 3.63) is 47.5 Å². The molecule has 1 fully saturated rings. The molecule has 1 aliphatic heterocycles. The Balaban J connectivity index is 1.88. The van der Waals surface area contributed by atoms with Gasteiger partial charge in [-0.3, -0.25) is 29.4 Å². The second kappa shape index (κ2) is 11.0. The number of anilines is 1. The second-order valence-corrected chi connectivity index (χ2v) is 8.46. The molecule has 0 saturated carbocycles. The van der Waals surface area contributed by atoms with Gasteiger partial charge in [-0.25, -0.2) is 0 Å². The van der Waals surface area contributed by atoms with Crippen LogP contribution in [0.1, 0.15) is 28.8 Å². The van der Waals surface area contributed by atoms with Crippen LogP contribution in [0.3, 0.4) is 0 Å². The molecule has 4 N–H and O–H groups in total. The normalized spacial score (nSPS) is 15.7. The van der Waals surface area contributed by atoms with Gasteiger partial charge in [0.05, 0.1) is 4.90 Å². The highest BCUT2D eigenvalue weighted by Gasteiger charge is 2.37. The summed E-state index contributed by atoms with van der Waals surface area (Å²) in [5, 5.41) is 21.8. The summed E-state index contributed by atoms with van der Waals surface area (Å²) in [5.41, 5.74) is -0.217. The average molecular weight is 525 g/mol. The fraction of sp³-hybridized carbons (Fsp3) is 0.238. The van der Waals surface area contributed by atoms with Gasteiger partial charge in [-0.15, -0.1) is 13.2 Å². The van der Waals surface area contributed by atoms with Gasteiger partial charge < -0.3 is 19.5 Å². The Hall–Kier alpha value is -3.56. The Labute approximate surface area is 207 Å². The lowest BCUT2D eigenvalue weighted by molar-refractivity contribution is -0.275. The Bertz CT molecular complexity index is 1200. The number of carbonyl (C=O) groups is 4. The van der Waals surface area contributed by atoms with Crippen molar-refractivity contribution in [1.82, 2.24) is 10.2 Å². The lowest BCUT2D eigenvalue weighted by Gasteiger charge is -2.29. The van der Waals surface area contributed by atoms with Crippen LogP contribution in [0.2, 0.25) is 0 Å². The topological polar surface area (TPSA) is 145 Å². The highest BCUT2D eigenvalue weighted by molar-refractivity contribution is 8.00. The monoisotopic (exact) mass is 525 g/mol. The third kappa shape index (κ3) is 6.36. The number of nitrogens with one attached hydrogen (secondary N) is 2. The fourth-order valence-corrected chi connectivity index (χ4v) is 4.27. The van der Waals surface area contributed by atoms with Gasteiger partial charge in [0.15, 0.2) is 0 Å². The summed E-state index contributed by atoms with van der Waals surface area (Å²) in [6, 6.07) is 6.63. The molecule has 190 valence electrons. The Morgan fingerprint density at radius 2 is 1.97 bits per heavy atom. The van der Waals surface area contributed by atoms with E-state index in [9.17, 15) is 42.4 Å². The Kier molecular flexibility index (Phi) is 8.27. The fourth-order valence-electron chi connectivity index (χ4n) is 3.57. The molecule has 1 aliphatic rings. The molecule has 1 unspecified atom stereocenters. The minimum Gasteiger partial charge on any atom is -0.423 e. The number of carbonyl (C=O) groups excluding carboxylic acids is 4. The molecule has 4 amide bonds. The van der Waals surface area contributed by atoms with Gasteiger partial charge in [0.25, 0.3) is 5.91 Å². The van der Waals surface area contributed by atoms with Crippen LogP contribution in [-0.2, 0) is 14.4 Å². The van der Waals surface area contributed by atoms with Crippen molar-refractivity contribution in [2.75, 3.05) is 4.72 Å². The molecule has 0 bridgehead atoms. The molecular formula is C21H19BF3N3O7S. The van der Waals surface area contributed by atoms with Crippen LogP contribution in [0.5, 0.6) is 5.75 Å². The first-order valence-electron chi connectivity index (χ1n) is 10.3. The van der Waals surface area contributed by atoms with Crippen molar-refractivity contribution in [2.24, 2.45) is 0 Å². The van der Waals surface area contributed by atoms with Crippen molar-refractivity contribution in [3.63, 3.8) is 0 Å². The molecule has 3 rings (SSSR count). The Morgan fingerprint density at radius 1 is 1.28 bits per heavy atom. The van der Waals surface area contributed by atoms with Gasteiger partial charge in [0.2, 0.25) is 18.2 Å². The number of nitrogens with zero attached hydrogens (tertiary/aromatic N) is 1. The van der Waals surface area contributed by atoms with E-state index in [1.165, 1.54) is 37.3 Å². The number of imide groups is 2. The van der Waals surface area contributed by atoms with Crippen LogP contribution < -0.4 is 20.2 Å². The van der Waals surface area contributed by atoms with E-state index in [4.69, 9.17) is 0 Å². The van der Waals surface area contributed by atoms with Crippen molar-refractivity contribution < 1.29 is 47.1 Å². The molecule has 0 aromatic heterocycles. The first kappa shape index (κ1) is 27.0. The number of ether oxygens (including phenoxy) is 1. The number of piperidine rings is 1. The van der Waals surface area contributed by atoms with Crippen molar-refractivity contribution in [1.29, 1.82) is 0 Å². The van der Waals surface area contributed by atoms with E-state index in [2.05, 4.69) is 9.46 Å². The van der Waals surface area contributed by atoms with Crippen molar-refractivity contribution in [2.45, 2.75) is 37.1 Å². The van der Waals surface area contributed by atoms with Gasteiger partial charge >= 0.3 is 13.5 Å². The molecule has 1 saturated heterocycles. The van der Waals surface area contributed by atoms with E-state index in [-0.39, 0.29) is 46.4 Å². The van der Waals surface area contributed by atoms with E-state index in [1.807, 2.05) is 5.32 Å². The van der Waals surface area contributed by atoms with Crippen molar-refractivity contribution in [3.8, 4) is 5.75 Å². The first-order valence-corrected chi connectivity index (χ1v) is 11.1. The van der Waals surface area contributed by atoms with Crippen LogP contribution in [0, 0.1) is 6.92 Å². The number of aryl methyl sites for hydroxylation is 1. The van der Waals surface area contributed by atoms with E-state index >= 15 is 0 Å². The summed E-state index contributed by atoms with van der Waals surface area (Å²) >= 11 is 0.744. The van der Waals surface area contributed by atoms with Crippen LogP contribution in [-0.4, -0.2) is 58.6 Å². The van der Waals surface area contributed by atoms with Crippen LogP contribution in [0.4, 0.5) is 18.9 Å². The van der Waals surface area contributed by atoms with Crippen LogP contribution >= 0.6 is 11.9 Å². The molecule has 2 aromatic carbocycles. The summed E-state index contributed by atoms with van der Waals surface area (Å²) in [5.74, 6) is -2.85. The van der Waals surface area contributed by atoms with Crippen LogP contribution in [0.15, 0.2) is 41.3 Å². The minimum absolute atomic E-state index is 0.0729. The number of benzene rings is 2. The summed E-state index contributed by atoms with van der Waals surface area (Å²) < 4.78 is 44.7. The molecule has 10 nitrogen and oxygen atoms in total. The number of hydrogen-bond acceptors (Lipinski definition) is 9. The highest BCUT2D eigenvalue weighted by atomic mass is 32.2. The van der Waals surface area contributed by atoms with E-state index in [0.717, 1.165) is 18.0 Å². The first-order chi connectivity index (χ1) is 16.9. The molecule has 36 heavy (non-hydrogen) atoms. The number of rotatable bonds is 8. The number of alkyl halides is 3. The Morgan fingerprint density at radius 3 is 2.58 bits per heavy atom. The summed E-state index contributed by atoms with van der Waals surface area (Å²) in [7, 11) is -2.18. The molecule has 15 heteroatoms. The molecular weight excluding hydrogens is 506 g/mol. The summed E-state index contributed by atoms with van der Waals surface area (Å²) in [6.45, 7) is 1.43. The molecule has 1 atom stereocenters. The quantitative estimate of drug-likeness (QED) is 0.172. The average Bonchev–Trinajstić information content (AvgIpc) is 2.78. The van der Waals surface area contributed by atoms with Gasteiger partial charge in [-0.1, -0.05) is 12.1 Å². The van der Waals surface area contributed by atoms with E-state index in [1.54, 1.807) is 0 Å². The lowest BCUT2D eigenvalue weighted by Crippen LogP contribution is -2.54. The second-order valence-electron chi connectivity index (χ2n) is 7.61. The molecule has 0 radical (unpaired) electrons. The van der Waals surface area contributed by atoms with E-state index < -0.39 is 43.0 Å². The van der Waals surface area contributed by atoms with E-state index in [0.29, 0.717) is 4.90 Å². The number of hydrogen-bond donors (Lipinski definition) is 4. The number of halogens is 3. The maximum Gasteiger partial charge on any atom is 0.573 e. The zero-order valence-corrected chi connectivity index (χ0v) is 19.4. The van der Waals surface area contributed by atoms with Gasteiger partial charge in [0.1, 0.15) is 11.8 Å². The zero-order chi connectivity index (χ0) is 26.6. The molecule has 0 spiro atoms. The molecule has 2 aromatic rings. The summed E-state index contributed by atoms with van der Waals surface area (Å²) in [6.07, 6.45) is -4.98. The maximum absolute atomic E-state index is 13.2. The van der Waals surface area contributed by atoms with Gasteiger partial charge in [-0.2, -0.15) is 0 Å². The lowest BCUT2D eigenvalue weighted by atomic mass is 9.75. The smallest absolute Gasteiger partial charge is 0.423 e. The predicted octanol–water partition coefficient (Wildman–Crippen LogP) is 1.10. The zero-order valence-electron chi connectivity index (χ0n) is 18.5. The maximum atomic E-state index is 13.2. The van der Waals surface area contributed by atoms with Crippen LogP contribution in [0.25, 0.3) is 0 Å². The predicted molar refractivity (Wildman–Crippen MR) is 122 cm³/mol. The third-order valence-electron chi connectivity index (χ3n) is 5.11. The number of para-hydroxylation sites is 1. The number of amides is 4. The minimum atomic E-state index is -4.91.